The van der Waals surface area contributed by atoms with Crippen molar-refractivity contribution < 1.29 is 9.53 Å². The molecule has 1 N–H and O–H groups in total. The summed E-state index contributed by atoms with van der Waals surface area (Å²) in [4.78, 5) is 12.8. The SMILES string of the molecule is COc1ccccc1C(=O)NC(C)C(c1ccccc1)c1ccccc1. The van der Waals surface area contributed by atoms with Crippen LogP contribution in [0.15, 0.2) is 84.9 Å². The molecule has 0 aliphatic heterocycles. The summed E-state index contributed by atoms with van der Waals surface area (Å²) in [6.45, 7) is 2.04. The van der Waals surface area contributed by atoms with Crippen LogP contribution in [-0.4, -0.2) is 19.1 Å². The van der Waals surface area contributed by atoms with Gasteiger partial charge in [-0.15, -0.1) is 0 Å². The molecule has 0 bridgehead atoms. The Morgan fingerprint density at radius 2 is 1.31 bits per heavy atom. The van der Waals surface area contributed by atoms with E-state index in [1.54, 1.807) is 19.2 Å². The van der Waals surface area contributed by atoms with Crippen molar-refractivity contribution in [1.82, 2.24) is 5.32 Å². The summed E-state index contributed by atoms with van der Waals surface area (Å²) in [5.74, 6) is 0.510. The molecule has 0 heterocycles. The predicted molar refractivity (Wildman–Crippen MR) is 105 cm³/mol. The molecule has 0 fully saturated rings. The van der Waals surface area contributed by atoms with Gasteiger partial charge in [0, 0.05) is 12.0 Å². The molecule has 3 rings (SSSR count). The summed E-state index contributed by atoms with van der Waals surface area (Å²) < 4.78 is 5.32. The number of hydrogen-bond donors (Lipinski definition) is 1. The molecule has 26 heavy (non-hydrogen) atoms. The van der Waals surface area contributed by atoms with Crippen LogP contribution in [0.25, 0.3) is 0 Å². The summed E-state index contributed by atoms with van der Waals surface area (Å²) in [5.41, 5.74) is 2.89. The molecule has 0 aromatic heterocycles. The van der Waals surface area contributed by atoms with Crippen LogP contribution in [0.5, 0.6) is 5.75 Å². The Labute approximate surface area is 154 Å². The lowest BCUT2D eigenvalue weighted by molar-refractivity contribution is 0.0934. The van der Waals surface area contributed by atoms with Crippen molar-refractivity contribution >= 4 is 5.91 Å². The Morgan fingerprint density at radius 3 is 1.85 bits per heavy atom. The van der Waals surface area contributed by atoms with Gasteiger partial charge in [-0.2, -0.15) is 0 Å². The van der Waals surface area contributed by atoms with Crippen molar-refractivity contribution in [1.29, 1.82) is 0 Å². The van der Waals surface area contributed by atoms with E-state index >= 15 is 0 Å². The predicted octanol–water partition coefficient (Wildman–Crippen LogP) is 4.65. The minimum Gasteiger partial charge on any atom is -0.496 e. The number of amides is 1. The average molecular weight is 345 g/mol. The molecule has 3 nitrogen and oxygen atoms in total. The lowest BCUT2D eigenvalue weighted by atomic mass is 9.85. The quantitative estimate of drug-likeness (QED) is 0.706. The van der Waals surface area contributed by atoms with Crippen molar-refractivity contribution in [3.05, 3.63) is 102 Å². The van der Waals surface area contributed by atoms with E-state index in [0.717, 1.165) is 0 Å². The van der Waals surface area contributed by atoms with Crippen LogP contribution >= 0.6 is 0 Å². The van der Waals surface area contributed by atoms with Crippen molar-refractivity contribution in [2.24, 2.45) is 0 Å². The standard InChI is InChI=1S/C23H23NO2/c1-17(24-23(25)20-15-9-10-16-21(20)26-2)22(18-11-5-3-6-12-18)19-13-7-4-8-14-19/h3-17,22H,1-2H3,(H,24,25). The monoisotopic (exact) mass is 345 g/mol. The normalized spacial score (nSPS) is 11.8. The molecule has 0 spiro atoms. The Balaban J connectivity index is 1.89. The van der Waals surface area contributed by atoms with Crippen LogP contribution < -0.4 is 10.1 Å². The lowest BCUT2D eigenvalue weighted by Gasteiger charge is -2.26. The van der Waals surface area contributed by atoms with Gasteiger partial charge in [-0.05, 0) is 30.2 Å². The van der Waals surface area contributed by atoms with E-state index in [1.165, 1.54) is 11.1 Å². The van der Waals surface area contributed by atoms with Crippen molar-refractivity contribution in [3.8, 4) is 5.75 Å². The Kier molecular flexibility index (Phi) is 5.69. The summed E-state index contributed by atoms with van der Waals surface area (Å²) >= 11 is 0. The lowest BCUT2D eigenvalue weighted by Crippen LogP contribution is -2.37. The molecule has 0 saturated carbocycles. The number of carbonyl (C=O) groups is 1. The zero-order valence-electron chi connectivity index (χ0n) is 15.1. The second-order valence-electron chi connectivity index (χ2n) is 6.26. The molecule has 0 radical (unpaired) electrons. The number of rotatable bonds is 6. The second kappa shape index (κ2) is 8.34. The number of carbonyl (C=O) groups excluding carboxylic acids is 1. The first-order valence-electron chi connectivity index (χ1n) is 8.74. The van der Waals surface area contributed by atoms with E-state index in [-0.39, 0.29) is 17.9 Å². The molecule has 1 unspecified atom stereocenters. The number of hydrogen-bond acceptors (Lipinski definition) is 2. The fourth-order valence-corrected chi connectivity index (χ4v) is 3.29. The third-order valence-electron chi connectivity index (χ3n) is 4.53. The summed E-state index contributed by atoms with van der Waals surface area (Å²) in [5, 5.41) is 3.15. The smallest absolute Gasteiger partial charge is 0.255 e. The fraction of sp³-hybridized carbons (Fsp3) is 0.174. The zero-order valence-corrected chi connectivity index (χ0v) is 15.1. The van der Waals surface area contributed by atoms with Crippen LogP contribution in [0.4, 0.5) is 0 Å². The van der Waals surface area contributed by atoms with Gasteiger partial charge in [0.15, 0.2) is 0 Å². The van der Waals surface area contributed by atoms with E-state index < -0.39 is 0 Å². The fourth-order valence-electron chi connectivity index (χ4n) is 3.29. The average Bonchev–Trinajstić information content (AvgIpc) is 2.69. The van der Waals surface area contributed by atoms with Crippen molar-refractivity contribution in [2.75, 3.05) is 7.11 Å². The molecule has 3 aromatic rings. The Hall–Kier alpha value is -3.07. The van der Waals surface area contributed by atoms with Crippen LogP contribution in [0, 0.1) is 0 Å². The van der Waals surface area contributed by atoms with Crippen molar-refractivity contribution in [2.45, 2.75) is 18.9 Å². The summed E-state index contributed by atoms with van der Waals surface area (Å²) in [7, 11) is 1.58. The summed E-state index contributed by atoms with van der Waals surface area (Å²) in [6, 6.07) is 27.7. The second-order valence-corrected chi connectivity index (χ2v) is 6.26. The largest absolute Gasteiger partial charge is 0.496 e. The first kappa shape index (κ1) is 17.7. The summed E-state index contributed by atoms with van der Waals surface area (Å²) in [6.07, 6.45) is 0. The van der Waals surface area contributed by atoms with Crippen molar-refractivity contribution in [3.63, 3.8) is 0 Å². The van der Waals surface area contributed by atoms with Crippen LogP contribution in [-0.2, 0) is 0 Å². The van der Waals surface area contributed by atoms with Gasteiger partial charge in [0.2, 0.25) is 0 Å². The topological polar surface area (TPSA) is 38.3 Å². The van der Waals surface area contributed by atoms with Gasteiger partial charge < -0.3 is 10.1 Å². The highest BCUT2D eigenvalue weighted by Crippen LogP contribution is 2.28. The first-order chi connectivity index (χ1) is 12.7. The van der Waals surface area contributed by atoms with Crippen LogP contribution in [0.1, 0.15) is 34.3 Å². The maximum Gasteiger partial charge on any atom is 0.255 e. The minimum atomic E-state index is -0.133. The molecule has 132 valence electrons. The van der Waals surface area contributed by atoms with Gasteiger partial charge in [0.25, 0.3) is 5.91 Å². The van der Waals surface area contributed by atoms with Crippen LogP contribution in [0.3, 0.4) is 0 Å². The number of ether oxygens (including phenoxy) is 1. The first-order valence-corrected chi connectivity index (χ1v) is 8.74. The van der Waals surface area contributed by atoms with Gasteiger partial charge in [0.1, 0.15) is 5.75 Å². The molecule has 0 saturated heterocycles. The molecule has 0 aliphatic rings. The molecular formula is C23H23NO2. The van der Waals surface area contributed by atoms with Gasteiger partial charge >= 0.3 is 0 Å². The van der Waals surface area contributed by atoms with Gasteiger partial charge in [-0.1, -0.05) is 72.8 Å². The molecule has 1 amide bonds. The van der Waals surface area contributed by atoms with E-state index in [9.17, 15) is 4.79 Å². The maximum absolute atomic E-state index is 12.8. The zero-order chi connectivity index (χ0) is 18.4. The maximum atomic E-state index is 12.8. The minimum absolute atomic E-state index is 0.0658. The van der Waals surface area contributed by atoms with Gasteiger partial charge in [-0.25, -0.2) is 0 Å². The van der Waals surface area contributed by atoms with Gasteiger partial charge in [0.05, 0.1) is 12.7 Å². The van der Waals surface area contributed by atoms with E-state index in [2.05, 4.69) is 29.6 Å². The Morgan fingerprint density at radius 1 is 0.808 bits per heavy atom. The molecular weight excluding hydrogens is 322 g/mol. The number of para-hydroxylation sites is 1. The Bertz CT molecular complexity index is 807. The highest BCUT2D eigenvalue weighted by molar-refractivity contribution is 5.97. The number of methoxy groups -OCH3 is 1. The highest BCUT2D eigenvalue weighted by Gasteiger charge is 2.24. The molecule has 1 atom stereocenters. The third kappa shape index (κ3) is 3.94. The number of nitrogens with one attached hydrogen (secondary N) is 1. The molecule has 0 aliphatic carbocycles. The molecule has 3 aromatic carbocycles. The van der Waals surface area contributed by atoms with Gasteiger partial charge in [-0.3, -0.25) is 4.79 Å². The molecule has 3 heteroatoms. The third-order valence-corrected chi connectivity index (χ3v) is 4.53. The highest BCUT2D eigenvalue weighted by atomic mass is 16.5. The van der Waals surface area contributed by atoms with E-state index in [4.69, 9.17) is 4.74 Å². The van der Waals surface area contributed by atoms with E-state index in [1.807, 2.05) is 55.5 Å². The number of benzene rings is 3. The van der Waals surface area contributed by atoms with E-state index in [0.29, 0.717) is 11.3 Å². The van der Waals surface area contributed by atoms with Crippen LogP contribution in [0.2, 0.25) is 0 Å².